The van der Waals surface area contributed by atoms with Crippen molar-refractivity contribution >= 4 is 17.5 Å². The van der Waals surface area contributed by atoms with Crippen LogP contribution in [-0.4, -0.2) is 31.5 Å². The van der Waals surface area contributed by atoms with Crippen LogP contribution in [0.1, 0.15) is 42.1 Å². The summed E-state index contributed by atoms with van der Waals surface area (Å²) in [4.78, 5) is 14.7. The van der Waals surface area contributed by atoms with Crippen LogP contribution >= 0.6 is 11.6 Å². The predicted molar refractivity (Wildman–Crippen MR) is 65.1 cm³/mol. The summed E-state index contributed by atoms with van der Waals surface area (Å²) in [7, 11) is 0. The monoisotopic (exact) mass is 268 g/mol. The Balaban J connectivity index is 2.07. The minimum absolute atomic E-state index is 0.245. The number of amides is 1. The summed E-state index contributed by atoms with van der Waals surface area (Å²) < 4.78 is 0. The average molecular weight is 269 g/mol. The molecule has 1 amide bonds. The van der Waals surface area contributed by atoms with Crippen molar-refractivity contribution in [3.8, 4) is 0 Å². The molecule has 2 rings (SSSR count). The van der Waals surface area contributed by atoms with Gasteiger partial charge >= 0.3 is 0 Å². The molecule has 0 aliphatic rings. The van der Waals surface area contributed by atoms with E-state index in [9.17, 15) is 4.79 Å². The molecule has 8 heteroatoms. The fourth-order valence-electron chi connectivity index (χ4n) is 1.61. The molecule has 0 aromatic carbocycles. The summed E-state index contributed by atoms with van der Waals surface area (Å²) in [6, 6.07) is 1.30. The Hall–Kier alpha value is -1.89. The lowest BCUT2D eigenvalue weighted by molar-refractivity contribution is 0.0928. The van der Waals surface area contributed by atoms with Crippen LogP contribution in [0.25, 0.3) is 0 Å². The van der Waals surface area contributed by atoms with Gasteiger partial charge in [-0.2, -0.15) is 5.21 Å². The summed E-state index contributed by atoms with van der Waals surface area (Å²) in [5.41, 5.74) is 0.407. The molecule has 0 spiro atoms. The smallest absolute Gasteiger partial charge is 0.268 e. The Kier molecular flexibility index (Phi) is 3.93. The molecule has 18 heavy (non-hydrogen) atoms. The molecule has 0 fully saturated rings. The number of carbonyl (C=O) groups excluding carboxylic acids is 1. The van der Waals surface area contributed by atoms with Crippen molar-refractivity contribution < 1.29 is 4.79 Å². The molecule has 0 radical (unpaired) electrons. The van der Waals surface area contributed by atoms with E-state index < -0.39 is 0 Å². The highest BCUT2D eigenvalue weighted by molar-refractivity contribution is 6.30. The second kappa shape index (κ2) is 5.63. The quantitative estimate of drug-likeness (QED) is 0.764. The van der Waals surface area contributed by atoms with Crippen molar-refractivity contribution in [1.29, 1.82) is 0 Å². The van der Waals surface area contributed by atoms with Gasteiger partial charge in [-0.25, -0.2) is 0 Å². The fraction of sp³-hybridized carbons (Fsp3) is 0.400. The molecule has 1 atom stereocenters. The topological polar surface area (TPSA) is 99.4 Å². The van der Waals surface area contributed by atoms with Gasteiger partial charge < -0.3 is 10.3 Å². The van der Waals surface area contributed by atoms with Gasteiger partial charge in [-0.05, 0) is 12.5 Å². The number of hydrogen-bond acceptors (Lipinski definition) is 4. The van der Waals surface area contributed by atoms with Crippen molar-refractivity contribution in [2.24, 2.45) is 0 Å². The highest BCUT2D eigenvalue weighted by atomic mass is 35.5. The van der Waals surface area contributed by atoms with Crippen LogP contribution in [0.15, 0.2) is 12.3 Å². The first-order valence-electron chi connectivity index (χ1n) is 5.58. The Morgan fingerprint density at radius 1 is 1.61 bits per heavy atom. The van der Waals surface area contributed by atoms with E-state index in [1.165, 1.54) is 0 Å². The van der Waals surface area contributed by atoms with Gasteiger partial charge in [-0.3, -0.25) is 4.79 Å². The maximum absolute atomic E-state index is 12.0. The molecule has 0 saturated heterocycles. The number of aromatic amines is 2. The number of aromatic nitrogens is 5. The van der Waals surface area contributed by atoms with Gasteiger partial charge in [0.1, 0.15) is 5.69 Å². The fourth-order valence-corrected chi connectivity index (χ4v) is 1.77. The van der Waals surface area contributed by atoms with Gasteiger partial charge in [0.05, 0.1) is 11.1 Å². The molecule has 96 valence electrons. The van der Waals surface area contributed by atoms with E-state index in [0.717, 1.165) is 12.8 Å². The van der Waals surface area contributed by atoms with E-state index in [-0.39, 0.29) is 11.9 Å². The number of tetrazole rings is 1. The predicted octanol–water partition coefficient (Wildman–Crippen LogP) is 1.45. The molecule has 0 bridgehead atoms. The molecule has 0 aliphatic carbocycles. The summed E-state index contributed by atoms with van der Waals surface area (Å²) in [5, 5.41) is 17.0. The first-order valence-corrected chi connectivity index (χ1v) is 5.96. The van der Waals surface area contributed by atoms with Gasteiger partial charge in [0, 0.05) is 6.20 Å². The van der Waals surface area contributed by atoms with E-state index >= 15 is 0 Å². The van der Waals surface area contributed by atoms with Crippen LogP contribution in [0.2, 0.25) is 5.02 Å². The van der Waals surface area contributed by atoms with E-state index in [1.54, 1.807) is 12.3 Å². The Morgan fingerprint density at radius 3 is 3.00 bits per heavy atom. The van der Waals surface area contributed by atoms with Gasteiger partial charge in [0.25, 0.3) is 5.91 Å². The largest absolute Gasteiger partial charge is 0.356 e. The third-order valence-electron chi connectivity index (χ3n) is 2.45. The molecule has 2 aromatic rings. The van der Waals surface area contributed by atoms with Crippen LogP contribution in [-0.2, 0) is 0 Å². The summed E-state index contributed by atoms with van der Waals surface area (Å²) >= 11 is 5.75. The SMILES string of the molecule is CCC[C@H](NC(=O)c1cc(Cl)c[nH]1)c1nn[nH]n1. The van der Waals surface area contributed by atoms with Gasteiger partial charge in [-0.1, -0.05) is 30.2 Å². The third-order valence-corrected chi connectivity index (χ3v) is 2.67. The normalized spacial score (nSPS) is 12.3. The highest BCUT2D eigenvalue weighted by Crippen LogP contribution is 2.15. The van der Waals surface area contributed by atoms with Crippen molar-refractivity contribution in [1.82, 2.24) is 30.9 Å². The third kappa shape index (κ3) is 2.86. The van der Waals surface area contributed by atoms with Crippen LogP contribution in [0.3, 0.4) is 0 Å². The Morgan fingerprint density at radius 2 is 2.44 bits per heavy atom. The standard InChI is InChI=1S/C10H13ClN6O/c1-2-3-7(9-14-16-17-15-9)13-10(18)8-4-6(11)5-12-8/h4-5,7,12H,2-3H2,1H3,(H,13,18)(H,14,15,16,17)/t7-/m0/s1. The van der Waals surface area contributed by atoms with Gasteiger partial charge in [0.2, 0.25) is 0 Å². The Labute approximate surface area is 108 Å². The minimum atomic E-state index is -0.261. The number of nitrogens with one attached hydrogen (secondary N) is 3. The number of nitrogens with zero attached hydrogens (tertiary/aromatic N) is 3. The van der Waals surface area contributed by atoms with E-state index in [1.807, 2.05) is 6.92 Å². The van der Waals surface area contributed by atoms with Crippen LogP contribution in [0.4, 0.5) is 0 Å². The molecule has 0 unspecified atom stereocenters. The van der Waals surface area contributed by atoms with Crippen LogP contribution < -0.4 is 5.32 Å². The molecule has 0 saturated carbocycles. The van der Waals surface area contributed by atoms with E-state index in [0.29, 0.717) is 16.5 Å². The number of halogens is 1. The number of hydrogen-bond donors (Lipinski definition) is 3. The van der Waals surface area contributed by atoms with Crippen LogP contribution in [0.5, 0.6) is 0 Å². The van der Waals surface area contributed by atoms with Gasteiger partial charge in [0.15, 0.2) is 5.82 Å². The lowest BCUT2D eigenvalue weighted by atomic mass is 10.1. The summed E-state index contributed by atoms with van der Waals surface area (Å²) in [6.07, 6.45) is 3.18. The number of rotatable bonds is 5. The molecule has 0 aliphatic heterocycles. The van der Waals surface area contributed by atoms with Crippen molar-refractivity contribution in [3.63, 3.8) is 0 Å². The van der Waals surface area contributed by atoms with Gasteiger partial charge in [-0.15, -0.1) is 10.2 Å². The molecule has 7 nitrogen and oxygen atoms in total. The van der Waals surface area contributed by atoms with Crippen LogP contribution in [0, 0.1) is 0 Å². The van der Waals surface area contributed by atoms with Crippen molar-refractivity contribution in [3.05, 3.63) is 28.8 Å². The molecule has 2 heterocycles. The maximum atomic E-state index is 12.0. The molecular weight excluding hydrogens is 256 g/mol. The summed E-state index contributed by atoms with van der Waals surface area (Å²) in [6.45, 7) is 2.02. The highest BCUT2D eigenvalue weighted by Gasteiger charge is 2.19. The first-order chi connectivity index (χ1) is 8.70. The number of H-pyrrole nitrogens is 2. The second-order valence-electron chi connectivity index (χ2n) is 3.82. The second-order valence-corrected chi connectivity index (χ2v) is 4.25. The Bertz CT molecular complexity index is 508. The number of carbonyl (C=O) groups is 1. The van der Waals surface area contributed by atoms with Crippen molar-refractivity contribution in [2.75, 3.05) is 0 Å². The van der Waals surface area contributed by atoms with E-state index in [4.69, 9.17) is 11.6 Å². The summed E-state index contributed by atoms with van der Waals surface area (Å²) in [5.74, 6) is 0.230. The lowest BCUT2D eigenvalue weighted by Crippen LogP contribution is -2.29. The van der Waals surface area contributed by atoms with Crippen molar-refractivity contribution in [2.45, 2.75) is 25.8 Å². The zero-order chi connectivity index (χ0) is 13.0. The average Bonchev–Trinajstić information content (AvgIpc) is 2.98. The lowest BCUT2D eigenvalue weighted by Gasteiger charge is -2.13. The first kappa shape index (κ1) is 12.6. The zero-order valence-corrected chi connectivity index (χ0v) is 10.5. The molecule has 3 N–H and O–H groups in total. The maximum Gasteiger partial charge on any atom is 0.268 e. The van der Waals surface area contributed by atoms with E-state index in [2.05, 4.69) is 30.9 Å². The molecular formula is C10H13ClN6O. The molecule has 2 aromatic heterocycles. The minimum Gasteiger partial charge on any atom is -0.356 e. The zero-order valence-electron chi connectivity index (χ0n) is 9.77.